The molecule has 0 aliphatic rings. The monoisotopic (exact) mass is 148 g/mol. The Hall–Kier alpha value is -0.180. The molecule has 0 aromatic carbocycles. The van der Waals surface area contributed by atoms with E-state index in [4.69, 9.17) is 0 Å². The summed E-state index contributed by atoms with van der Waals surface area (Å²) in [6, 6.07) is 0. The molecule has 0 fully saturated rings. The highest BCUT2D eigenvalue weighted by molar-refractivity contribution is 8.13. The average Bonchev–Trinajstić information content (AvgIpc) is 1.85. The van der Waals surface area contributed by atoms with Crippen LogP contribution in [-0.4, -0.2) is 17.7 Å². The second kappa shape index (κ2) is 5.95. The van der Waals surface area contributed by atoms with Crippen molar-refractivity contribution in [1.29, 1.82) is 0 Å². The number of carbonyl (C=O) groups excluding carboxylic acids is 1. The summed E-state index contributed by atoms with van der Waals surface area (Å²) in [4.78, 5) is 10.5. The van der Waals surface area contributed by atoms with Crippen molar-refractivity contribution in [3.05, 3.63) is 0 Å². The van der Waals surface area contributed by atoms with E-state index in [-0.39, 0.29) is 5.30 Å². The number of hydrogen-bond acceptors (Lipinski definition) is 3. The second-order valence-electron chi connectivity index (χ2n) is 1.53. The molecule has 9 heavy (non-hydrogen) atoms. The van der Waals surface area contributed by atoms with Gasteiger partial charge in [0.05, 0.1) is 6.61 Å². The first-order valence-electron chi connectivity index (χ1n) is 3.10. The quantitative estimate of drug-likeness (QED) is 0.574. The number of rotatable bonds is 3. The Kier molecular flexibility index (Phi) is 5.83. The molecule has 0 atom stereocenters. The van der Waals surface area contributed by atoms with E-state index in [2.05, 4.69) is 4.74 Å². The van der Waals surface area contributed by atoms with Crippen molar-refractivity contribution >= 4 is 17.1 Å². The maximum Gasteiger partial charge on any atom is 0.367 e. The zero-order chi connectivity index (χ0) is 7.11. The smallest absolute Gasteiger partial charge is 0.367 e. The van der Waals surface area contributed by atoms with Crippen molar-refractivity contribution in [1.82, 2.24) is 0 Å². The molecule has 0 aromatic rings. The lowest BCUT2D eigenvalue weighted by Gasteiger charge is -1.97. The number of carbonyl (C=O) groups is 1. The van der Waals surface area contributed by atoms with Gasteiger partial charge in [-0.15, -0.1) is 0 Å². The van der Waals surface area contributed by atoms with Crippen LogP contribution in [0.2, 0.25) is 0 Å². The van der Waals surface area contributed by atoms with Gasteiger partial charge in [-0.05, 0) is 25.1 Å². The molecule has 0 aromatic heterocycles. The minimum atomic E-state index is -0.153. The molecule has 0 heterocycles. The van der Waals surface area contributed by atoms with Crippen molar-refractivity contribution in [3.8, 4) is 0 Å². The SMILES string of the molecule is CCCSC(=O)OCC. The lowest BCUT2D eigenvalue weighted by molar-refractivity contribution is 0.181. The summed E-state index contributed by atoms with van der Waals surface area (Å²) in [7, 11) is 0. The highest BCUT2D eigenvalue weighted by atomic mass is 32.2. The predicted octanol–water partition coefficient (Wildman–Crippen LogP) is 2.29. The Labute approximate surface area is 60.0 Å². The lowest BCUT2D eigenvalue weighted by atomic mass is 10.6. The van der Waals surface area contributed by atoms with Gasteiger partial charge in [-0.25, -0.2) is 4.79 Å². The van der Waals surface area contributed by atoms with Crippen LogP contribution in [0.3, 0.4) is 0 Å². The molecule has 3 heteroatoms. The second-order valence-corrected chi connectivity index (χ2v) is 2.56. The van der Waals surface area contributed by atoms with Gasteiger partial charge in [0.15, 0.2) is 0 Å². The van der Waals surface area contributed by atoms with Crippen molar-refractivity contribution in [3.63, 3.8) is 0 Å². The van der Waals surface area contributed by atoms with E-state index in [1.54, 1.807) is 0 Å². The fraction of sp³-hybridized carbons (Fsp3) is 0.833. The normalized spacial score (nSPS) is 9.11. The van der Waals surface area contributed by atoms with E-state index in [0.717, 1.165) is 12.2 Å². The van der Waals surface area contributed by atoms with Gasteiger partial charge in [0.2, 0.25) is 0 Å². The van der Waals surface area contributed by atoms with E-state index < -0.39 is 0 Å². The highest BCUT2D eigenvalue weighted by Gasteiger charge is 1.98. The molecule has 0 aliphatic heterocycles. The van der Waals surface area contributed by atoms with Crippen LogP contribution in [0, 0.1) is 0 Å². The molecule has 0 bridgehead atoms. The largest absolute Gasteiger partial charge is 0.458 e. The first kappa shape index (κ1) is 8.82. The third-order valence-corrected chi connectivity index (χ3v) is 1.65. The third-order valence-electron chi connectivity index (χ3n) is 0.686. The summed E-state index contributed by atoms with van der Waals surface area (Å²) >= 11 is 1.24. The van der Waals surface area contributed by atoms with Crippen LogP contribution in [0.5, 0.6) is 0 Å². The van der Waals surface area contributed by atoms with Gasteiger partial charge in [0, 0.05) is 5.75 Å². The van der Waals surface area contributed by atoms with E-state index >= 15 is 0 Å². The molecule has 0 amide bonds. The van der Waals surface area contributed by atoms with Gasteiger partial charge in [0.25, 0.3) is 0 Å². The molecule has 0 radical (unpaired) electrons. The fourth-order valence-corrected chi connectivity index (χ4v) is 0.917. The van der Waals surface area contributed by atoms with Gasteiger partial charge >= 0.3 is 5.30 Å². The van der Waals surface area contributed by atoms with Crippen molar-refractivity contribution < 1.29 is 9.53 Å². The highest BCUT2D eigenvalue weighted by Crippen LogP contribution is 2.05. The third kappa shape index (κ3) is 5.69. The molecule has 0 spiro atoms. The van der Waals surface area contributed by atoms with E-state index in [9.17, 15) is 4.79 Å². The van der Waals surface area contributed by atoms with E-state index in [0.29, 0.717) is 6.61 Å². The van der Waals surface area contributed by atoms with Gasteiger partial charge in [-0.2, -0.15) is 0 Å². The minimum Gasteiger partial charge on any atom is -0.458 e. The van der Waals surface area contributed by atoms with Gasteiger partial charge < -0.3 is 4.74 Å². The summed E-state index contributed by atoms with van der Waals surface area (Å²) in [6.07, 6.45) is 1.02. The Bertz CT molecular complexity index is 83.1. The Morgan fingerprint density at radius 1 is 1.56 bits per heavy atom. The first-order valence-corrected chi connectivity index (χ1v) is 4.09. The van der Waals surface area contributed by atoms with Crippen molar-refractivity contribution in [2.75, 3.05) is 12.4 Å². The molecule has 0 rings (SSSR count). The van der Waals surface area contributed by atoms with Gasteiger partial charge in [-0.3, -0.25) is 0 Å². The fourth-order valence-electron chi connectivity index (χ4n) is 0.345. The molecule has 0 saturated carbocycles. The summed E-state index contributed by atoms with van der Waals surface area (Å²) in [5.74, 6) is 0.860. The predicted molar refractivity (Wildman–Crippen MR) is 39.8 cm³/mol. The molecular formula is C6H12O2S. The first-order chi connectivity index (χ1) is 4.31. The standard InChI is InChI=1S/C6H12O2S/c1-3-5-9-6(7)8-4-2/h3-5H2,1-2H3. The summed E-state index contributed by atoms with van der Waals surface area (Å²) in [5.41, 5.74) is 0. The lowest BCUT2D eigenvalue weighted by Crippen LogP contribution is -1.96. The van der Waals surface area contributed by atoms with E-state index in [1.807, 2.05) is 13.8 Å². The van der Waals surface area contributed by atoms with Crippen LogP contribution >= 0.6 is 11.8 Å². The molecule has 54 valence electrons. The van der Waals surface area contributed by atoms with Crippen molar-refractivity contribution in [2.45, 2.75) is 20.3 Å². The van der Waals surface area contributed by atoms with Crippen LogP contribution in [0.25, 0.3) is 0 Å². The van der Waals surface area contributed by atoms with Crippen LogP contribution in [0.1, 0.15) is 20.3 Å². The molecule has 0 N–H and O–H groups in total. The van der Waals surface area contributed by atoms with Crippen LogP contribution in [0.15, 0.2) is 0 Å². The maximum absolute atomic E-state index is 10.5. The minimum absolute atomic E-state index is 0.153. The number of hydrogen-bond donors (Lipinski definition) is 0. The molecule has 2 nitrogen and oxygen atoms in total. The summed E-state index contributed by atoms with van der Waals surface area (Å²) in [6.45, 7) is 4.33. The van der Waals surface area contributed by atoms with Gasteiger partial charge in [0.1, 0.15) is 0 Å². The molecule has 0 unspecified atom stereocenters. The zero-order valence-electron chi connectivity index (χ0n) is 5.85. The maximum atomic E-state index is 10.5. The molecule has 0 aliphatic carbocycles. The topological polar surface area (TPSA) is 26.3 Å². The van der Waals surface area contributed by atoms with Crippen LogP contribution in [0.4, 0.5) is 4.79 Å². The average molecular weight is 148 g/mol. The van der Waals surface area contributed by atoms with Gasteiger partial charge in [-0.1, -0.05) is 6.92 Å². The van der Waals surface area contributed by atoms with Crippen molar-refractivity contribution in [2.24, 2.45) is 0 Å². The summed E-state index contributed by atoms with van der Waals surface area (Å²) < 4.78 is 4.67. The van der Waals surface area contributed by atoms with Crippen LogP contribution < -0.4 is 0 Å². The Balaban J connectivity index is 3.06. The van der Waals surface area contributed by atoms with E-state index in [1.165, 1.54) is 11.8 Å². The Morgan fingerprint density at radius 3 is 2.67 bits per heavy atom. The summed E-state index contributed by atoms with van der Waals surface area (Å²) in [5, 5.41) is -0.153. The van der Waals surface area contributed by atoms with Crippen LogP contribution in [-0.2, 0) is 4.74 Å². The number of thioether (sulfide) groups is 1. The molecule has 0 saturated heterocycles. The number of ether oxygens (including phenoxy) is 1. The molecular weight excluding hydrogens is 136 g/mol. The Morgan fingerprint density at radius 2 is 2.22 bits per heavy atom. The zero-order valence-corrected chi connectivity index (χ0v) is 6.66.